The first-order chi connectivity index (χ1) is 10.9. The summed E-state index contributed by atoms with van der Waals surface area (Å²) in [6, 6.07) is 29.3. The van der Waals surface area contributed by atoms with E-state index >= 15 is 0 Å². The van der Waals surface area contributed by atoms with Crippen molar-refractivity contribution in [2.24, 2.45) is 0 Å². The second-order valence-corrected chi connectivity index (χ2v) is 4.31. The summed E-state index contributed by atoms with van der Waals surface area (Å²) in [6.45, 7) is 5.00. The Hall–Kier alpha value is -1.17. The molecule has 0 aromatic heterocycles. The topological polar surface area (TPSA) is 0 Å². The van der Waals surface area contributed by atoms with E-state index in [1.165, 1.54) is 21.5 Å². The Bertz CT molecular complexity index is 626. The standard InChI is InChI=1S/2C9H7.C2H5.CH2Cl.Zr/c2*1-2-5-9-7-3-6-8(9)4-1;2*1-2;/h2*1-7H;1H2,2H3;1H2;/q4*-1;+4. The molecule has 0 atom stereocenters. The van der Waals surface area contributed by atoms with Crippen LogP contribution in [0.25, 0.3) is 21.5 Å². The molecular formula is C21H21ClZr. The third-order valence-corrected chi connectivity index (χ3v) is 3.10. The summed E-state index contributed by atoms with van der Waals surface area (Å²) >= 11 is 4.39. The zero-order valence-corrected chi connectivity index (χ0v) is 16.6. The van der Waals surface area contributed by atoms with Crippen molar-refractivity contribution < 1.29 is 26.2 Å². The largest absolute Gasteiger partial charge is 4.00 e. The molecule has 0 spiro atoms. The zero-order chi connectivity index (χ0) is 16.2. The Morgan fingerprint density at radius 3 is 1.35 bits per heavy atom. The van der Waals surface area contributed by atoms with Crippen molar-refractivity contribution in [3.8, 4) is 0 Å². The summed E-state index contributed by atoms with van der Waals surface area (Å²) in [5.41, 5.74) is 0. The van der Waals surface area contributed by atoms with E-state index in [0.29, 0.717) is 0 Å². The van der Waals surface area contributed by atoms with Gasteiger partial charge in [0.05, 0.1) is 0 Å². The maximum Gasteiger partial charge on any atom is 4.00 e. The quantitative estimate of drug-likeness (QED) is 0.280. The number of fused-ring (bicyclic) bond motifs is 2. The van der Waals surface area contributed by atoms with E-state index in [2.05, 4.69) is 110 Å². The fraction of sp³-hybridized carbons (Fsp3) is 0.0476. The molecule has 4 aromatic carbocycles. The molecule has 2 heteroatoms. The molecule has 0 heterocycles. The maximum atomic E-state index is 4.39. The minimum atomic E-state index is 0. The second-order valence-electron chi connectivity index (χ2n) is 4.31. The van der Waals surface area contributed by atoms with Crippen LogP contribution in [-0.4, -0.2) is 0 Å². The first-order valence-electron chi connectivity index (χ1n) is 7.12. The smallest absolute Gasteiger partial charge is 0.352 e. The predicted octanol–water partition coefficient (Wildman–Crippen LogP) is 6.97. The van der Waals surface area contributed by atoms with E-state index < -0.39 is 0 Å². The third-order valence-electron chi connectivity index (χ3n) is 3.10. The van der Waals surface area contributed by atoms with Crippen LogP contribution in [0, 0.1) is 13.3 Å². The SMILES string of the molecule is [CH2-]C.[CH2-]Cl.[Zr+4].c1ccc2[cH-]ccc2c1.c1ccc2[cH-]ccc2c1. The second kappa shape index (κ2) is 13.3. The van der Waals surface area contributed by atoms with Crippen molar-refractivity contribution >= 4 is 33.1 Å². The molecule has 116 valence electrons. The van der Waals surface area contributed by atoms with Gasteiger partial charge in [-0.1, -0.05) is 12.1 Å². The first-order valence-corrected chi connectivity index (χ1v) is 7.65. The summed E-state index contributed by atoms with van der Waals surface area (Å²) in [4.78, 5) is 0. The van der Waals surface area contributed by atoms with Gasteiger partial charge in [-0.15, -0.1) is 59.3 Å². The molecule has 0 aliphatic heterocycles. The molecule has 0 fully saturated rings. The third kappa shape index (κ3) is 6.85. The van der Waals surface area contributed by atoms with Crippen LogP contribution in [0.4, 0.5) is 0 Å². The molecule has 0 amide bonds. The molecule has 0 saturated heterocycles. The molecule has 23 heavy (non-hydrogen) atoms. The first kappa shape index (κ1) is 21.8. The molecule has 0 aliphatic rings. The van der Waals surface area contributed by atoms with Crippen LogP contribution in [0.5, 0.6) is 0 Å². The average Bonchev–Trinajstić information content (AvgIpc) is 3.28. The molecular weight excluding hydrogens is 379 g/mol. The summed E-state index contributed by atoms with van der Waals surface area (Å²) in [5.74, 6) is 0. The molecule has 0 N–H and O–H groups in total. The van der Waals surface area contributed by atoms with Crippen molar-refractivity contribution in [2.45, 2.75) is 6.92 Å². The van der Waals surface area contributed by atoms with Crippen LogP contribution >= 0.6 is 11.6 Å². The predicted molar refractivity (Wildman–Crippen MR) is 101 cm³/mol. The molecule has 0 radical (unpaired) electrons. The summed E-state index contributed by atoms with van der Waals surface area (Å²) in [6.07, 6.45) is 2.72. The van der Waals surface area contributed by atoms with Gasteiger partial charge < -0.3 is 18.5 Å². The van der Waals surface area contributed by atoms with Gasteiger partial charge in [0.1, 0.15) is 0 Å². The van der Waals surface area contributed by atoms with Gasteiger partial charge in [-0.2, -0.15) is 42.0 Å². The van der Waals surface area contributed by atoms with E-state index in [0.717, 1.165) is 0 Å². The van der Waals surface area contributed by atoms with Crippen LogP contribution < -0.4 is 0 Å². The molecule has 4 rings (SSSR count). The monoisotopic (exact) mass is 398 g/mol. The minimum absolute atomic E-state index is 0. The zero-order valence-electron chi connectivity index (χ0n) is 13.4. The Morgan fingerprint density at radius 2 is 1.00 bits per heavy atom. The van der Waals surface area contributed by atoms with Gasteiger partial charge in [-0.05, 0) is 0 Å². The van der Waals surface area contributed by atoms with Crippen molar-refractivity contribution in [1.29, 1.82) is 0 Å². The van der Waals surface area contributed by atoms with Gasteiger partial charge in [0.2, 0.25) is 0 Å². The van der Waals surface area contributed by atoms with Gasteiger partial charge in [-0.25, -0.2) is 0 Å². The Labute approximate surface area is 163 Å². The van der Waals surface area contributed by atoms with Crippen LogP contribution in [0.1, 0.15) is 6.92 Å². The Morgan fingerprint density at radius 1 is 0.652 bits per heavy atom. The van der Waals surface area contributed by atoms with E-state index in [1.54, 1.807) is 6.92 Å². The minimum Gasteiger partial charge on any atom is -0.352 e. The molecule has 0 aliphatic carbocycles. The van der Waals surface area contributed by atoms with Gasteiger partial charge in [-0.3, -0.25) is 6.38 Å². The molecule has 4 aromatic rings. The van der Waals surface area contributed by atoms with Crippen molar-refractivity contribution in [3.05, 3.63) is 98.2 Å². The van der Waals surface area contributed by atoms with Gasteiger partial charge in [0.15, 0.2) is 0 Å². The summed E-state index contributed by atoms with van der Waals surface area (Å²) < 4.78 is 0. The summed E-state index contributed by atoms with van der Waals surface area (Å²) in [5, 5.41) is 5.32. The number of benzene rings is 2. The van der Waals surface area contributed by atoms with Crippen molar-refractivity contribution in [3.63, 3.8) is 0 Å². The van der Waals surface area contributed by atoms with Crippen LogP contribution in [0.15, 0.2) is 84.9 Å². The van der Waals surface area contributed by atoms with E-state index in [4.69, 9.17) is 0 Å². The number of hydrogen-bond donors (Lipinski definition) is 0. The molecule has 0 unspecified atom stereocenters. The summed E-state index contributed by atoms with van der Waals surface area (Å²) in [7, 11) is 0. The van der Waals surface area contributed by atoms with Crippen LogP contribution in [0.3, 0.4) is 0 Å². The van der Waals surface area contributed by atoms with E-state index in [-0.39, 0.29) is 26.2 Å². The Kier molecular flexibility index (Phi) is 12.6. The van der Waals surface area contributed by atoms with Gasteiger partial charge in [0, 0.05) is 0 Å². The Balaban J connectivity index is 0.000000335. The molecule has 0 saturated carbocycles. The number of hydrogen-bond acceptors (Lipinski definition) is 0. The fourth-order valence-corrected chi connectivity index (χ4v) is 2.14. The van der Waals surface area contributed by atoms with E-state index in [9.17, 15) is 0 Å². The average molecular weight is 400 g/mol. The van der Waals surface area contributed by atoms with Crippen LogP contribution in [0.2, 0.25) is 0 Å². The number of rotatable bonds is 0. The normalized spacial score (nSPS) is 8.52. The van der Waals surface area contributed by atoms with Crippen LogP contribution in [-0.2, 0) is 26.2 Å². The van der Waals surface area contributed by atoms with Gasteiger partial charge in [0.25, 0.3) is 0 Å². The maximum absolute atomic E-state index is 4.39. The fourth-order valence-electron chi connectivity index (χ4n) is 2.14. The molecule has 0 nitrogen and oxygen atoms in total. The van der Waals surface area contributed by atoms with Crippen molar-refractivity contribution in [2.75, 3.05) is 0 Å². The van der Waals surface area contributed by atoms with Crippen molar-refractivity contribution in [1.82, 2.24) is 0 Å². The van der Waals surface area contributed by atoms with E-state index in [1.807, 2.05) is 0 Å². The number of halogens is 1. The molecule has 0 bridgehead atoms. The van der Waals surface area contributed by atoms with Gasteiger partial charge >= 0.3 is 26.2 Å².